The van der Waals surface area contributed by atoms with Crippen LogP contribution in [0.5, 0.6) is 0 Å². The van der Waals surface area contributed by atoms with Crippen molar-refractivity contribution in [1.82, 2.24) is 0 Å². The second-order valence-electron chi connectivity index (χ2n) is 11.3. The van der Waals surface area contributed by atoms with Crippen LogP contribution in [0, 0.1) is 0 Å². The van der Waals surface area contributed by atoms with Gasteiger partial charge in [-0.15, -0.1) is 0 Å². The number of rotatable bonds is 32. The first-order valence-corrected chi connectivity index (χ1v) is 19.3. The number of phosphoric ester groups is 1. The predicted molar refractivity (Wildman–Crippen MR) is 192 cm³/mol. The van der Waals surface area contributed by atoms with Crippen LogP contribution in [0.3, 0.4) is 0 Å². The molecule has 0 aliphatic carbocycles. The molecule has 0 aromatic rings. The summed E-state index contributed by atoms with van der Waals surface area (Å²) < 4.78 is 32.5. The number of ether oxygens (including phenoxy) is 2. The van der Waals surface area contributed by atoms with E-state index in [0.29, 0.717) is 12.8 Å². The largest absolute Gasteiger partial charge is 0.472 e. The molecule has 10 heteroatoms. The molecule has 3 N–H and O–H groups in total. The Hall–Kier alpha value is -2.29. The van der Waals surface area contributed by atoms with E-state index in [4.69, 9.17) is 24.3 Å². The lowest BCUT2D eigenvalue weighted by molar-refractivity contribution is -0.161. The third kappa shape index (κ3) is 33.4. The first kappa shape index (κ1) is 44.7. The molecule has 0 aliphatic heterocycles. The minimum absolute atomic E-state index is 0.0434. The van der Waals surface area contributed by atoms with Gasteiger partial charge in [0.05, 0.1) is 13.2 Å². The van der Waals surface area contributed by atoms with Crippen molar-refractivity contribution in [2.75, 3.05) is 26.4 Å². The van der Waals surface area contributed by atoms with Crippen LogP contribution in [0.25, 0.3) is 0 Å². The molecule has 47 heavy (non-hydrogen) atoms. The summed E-state index contributed by atoms with van der Waals surface area (Å²) in [6.07, 6.45) is 36.8. The quantitative estimate of drug-likeness (QED) is 0.0308. The van der Waals surface area contributed by atoms with Gasteiger partial charge in [0.1, 0.15) is 6.61 Å². The molecule has 0 rings (SSSR count). The molecule has 2 atom stereocenters. The Morgan fingerprint density at radius 2 is 1.17 bits per heavy atom. The van der Waals surface area contributed by atoms with Gasteiger partial charge in [-0.1, -0.05) is 107 Å². The summed E-state index contributed by atoms with van der Waals surface area (Å²) in [6.45, 7) is 3.46. The van der Waals surface area contributed by atoms with E-state index in [2.05, 4.69) is 74.6 Å². The zero-order chi connectivity index (χ0) is 34.7. The summed E-state index contributed by atoms with van der Waals surface area (Å²) >= 11 is 0. The topological polar surface area (TPSA) is 134 Å². The smallest absolute Gasteiger partial charge is 0.462 e. The summed E-state index contributed by atoms with van der Waals surface area (Å²) in [5.74, 6) is -0.889. The number of hydrogen-bond donors (Lipinski definition) is 2. The molecule has 9 nitrogen and oxygen atoms in total. The monoisotopic (exact) mass is 681 g/mol. The molecule has 0 heterocycles. The van der Waals surface area contributed by atoms with Gasteiger partial charge in [-0.2, -0.15) is 0 Å². The molecule has 0 fully saturated rings. The molecule has 0 aliphatic rings. The van der Waals surface area contributed by atoms with Crippen molar-refractivity contribution in [1.29, 1.82) is 0 Å². The molecule has 0 amide bonds. The molecule has 0 spiro atoms. The summed E-state index contributed by atoms with van der Waals surface area (Å²) in [5.41, 5.74) is 5.32. The van der Waals surface area contributed by atoms with Crippen LogP contribution in [0.1, 0.15) is 129 Å². The van der Waals surface area contributed by atoms with Gasteiger partial charge in [-0.25, -0.2) is 4.57 Å². The van der Waals surface area contributed by atoms with Gasteiger partial charge in [0.15, 0.2) is 6.10 Å². The highest BCUT2D eigenvalue weighted by molar-refractivity contribution is 7.47. The van der Waals surface area contributed by atoms with E-state index in [1.54, 1.807) is 0 Å². The van der Waals surface area contributed by atoms with E-state index in [9.17, 15) is 19.0 Å². The molecule has 0 bridgehead atoms. The Balaban J connectivity index is 4.35. The molecule has 0 saturated carbocycles. The maximum atomic E-state index is 12.5. The van der Waals surface area contributed by atoms with Gasteiger partial charge < -0.3 is 20.1 Å². The lowest BCUT2D eigenvalue weighted by Gasteiger charge is -2.19. The second-order valence-corrected chi connectivity index (χ2v) is 12.8. The fraction of sp³-hybridized carbons (Fsp3) is 0.676. The minimum atomic E-state index is -4.38. The number of carbonyl (C=O) groups excluding carboxylic acids is 2. The van der Waals surface area contributed by atoms with Crippen LogP contribution in [0.2, 0.25) is 0 Å². The van der Waals surface area contributed by atoms with Crippen LogP contribution in [-0.2, 0) is 32.7 Å². The SMILES string of the molecule is CC/C=C\C/C=C\C/C=C\CCCCCC(=O)OC(COC(=O)CCCCCCC/C=C\C/C=C\CCC)COP(=O)(O)OCCN. The molecule has 0 saturated heterocycles. The number of unbranched alkanes of at least 4 members (excludes halogenated alkanes) is 9. The fourth-order valence-electron chi connectivity index (χ4n) is 4.27. The molecule has 270 valence electrons. The van der Waals surface area contributed by atoms with Crippen molar-refractivity contribution in [3.63, 3.8) is 0 Å². The maximum Gasteiger partial charge on any atom is 0.472 e. The van der Waals surface area contributed by atoms with Crippen molar-refractivity contribution in [2.24, 2.45) is 5.73 Å². The Kier molecular flexibility index (Phi) is 32.0. The third-order valence-corrected chi connectivity index (χ3v) is 7.85. The van der Waals surface area contributed by atoms with Crippen LogP contribution < -0.4 is 5.73 Å². The normalized spacial score (nSPS) is 14.2. The third-order valence-electron chi connectivity index (χ3n) is 6.87. The van der Waals surface area contributed by atoms with Crippen molar-refractivity contribution < 1.29 is 37.6 Å². The van der Waals surface area contributed by atoms with Crippen molar-refractivity contribution >= 4 is 19.8 Å². The minimum Gasteiger partial charge on any atom is -0.462 e. The number of esters is 2. The first-order valence-electron chi connectivity index (χ1n) is 17.8. The molecule has 0 aromatic heterocycles. The van der Waals surface area contributed by atoms with E-state index >= 15 is 0 Å². The van der Waals surface area contributed by atoms with Crippen LogP contribution in [0.4, 0.5) is 0 Å². The fourth-order valence-corrected chi connectivity index (χ4v) is 5.04. The number of nitrogens with two attached hydrogens (primary N) is 1. The van der Waals surface area contributed by atoms with E-state index in [1.807, 2.05) is 0 Å². The first-order chi connectivity index (χ1) is 22.8. The highest BCUT2D eigenvalue weighted by Crippen LogP contribution is 2.43. The summed E-state index contributed by atoms with van der Waals surface area (Å²) in [7, 11) is -4.38. The Labute approximate surface area is 285 Å². The van der Waals surface area contributed by atoms with E-state index in [1.165, 1.54) is 6.42 Å². The Morgan fingerprint density at radius 3 is 1.77 bits per heavy atom. The lowest BCUT2D eigenvalue weighted by Crippen LogP contribution is -2.29. The van der Waals surface area contributed by atoms with Crippen LogP contribution in [0.15, 0.2) is 60.8 Å². The standard InChI is InChI=1S/C37H64NO8P/c1-3-5-7-9-11-13-15-17-19-21-23-25-27-29-36(39)43-33-35(34-45-47(41,42)44-32-31-38)46-37(40)30-28-26-24-22-20-18-16-14-12-10-8-6-4-2/h6-9,12-15,18,20,35H,3-5,10-11,16-17,19,21-34,38H2,1-2H3,(H,41,42)/b8-6-,9-7-,14-12-,15-13-,20-18-. The molecule has 0 radical (unpaired) electrons. The van der Waals surface area contributed by atoms with E-state index in [0.717, 1.165) is 83.5 Å². The van der Waals surface area contributed by atoms with Crippen LogP contribution in [-0.4, -0.2) is 49.3 Å². The van der Waals surface area contributed by atoms with Gasteiger partial charge in [-0.3, -0.25) is 18.6 Å². The molecular weight excluding hydrogens is 617 g/mol. The van der Waals surface area contributed by atoms with Crippen molar-refractivity contribution in [2.45, 2.75) is 136 Å². The molecular formula is C37H64NO8P. The summed E-state index contributed by atoms with van der Waals surface area (Å²) in [6, 6.07) is 0. The van der Waals surface area contributed by atoms with Gasteiger partial charge in [0.2, 0.25) is 0 Å². The second kappa shape index (κ2) is 33.6. The number of allylic oxidation sites excluding steroid dienone is 10. The van der Waals surface area contributed by atoms with E-state index in [-0.39, 0.29) is 32.6 Å². The highest BCUT2D eigenvalue weighted by Gasteiger charge is 2.25. The average molecular weight is 682 g/mol. The lowest BCUT2D eigenvalue weighted by atomic mass is 10.1. The zero-order valence-electron chi connectivity index (χ0n) is 29.2. The van der Waals surface area contributed by atoms with E-state index < -0.39 is 32.5 Å². The number of carbonyl (C=O) groups is 2. The van der Waals surface area contributed by atoms with Crippen LogP contribution >= 0.6 is 7.82 Å². The predicted octanol–water partition coefficient (Wildman–Crippen LogP) is 9.38. The van der Waals surface area contributed by atoms with Crippen molar-refractivity contribution in [3.8, 4) is 0 Å². The molecule has 0 aromatic carbocycles. The number of hydrogen-bond acceptors (Lipinski definition) is 8. The summed E-state index contributed by atoms with van der Waals surface area (Å²) in [4.78, 5) is 34.6. The Morgan fingerprint density at radius 1 is 0.660 bits per heavy atom. The maximum absolute atomic E-state index is 12.5. The average Bonchev–Trinajstić information content (AvgIpc) is 3.05. The van der Waals surface area contributed by atoms with Crippen molar-refractivity contribution in [3.05, 3.63) is 60.8 Å². The highest BCUT2D eigenvalue weighted by atomic mass is 31.2. The van der Waals surface area contributed by atoms with Gasteiger partial charge in [0, 0.05) is 19.4 Å². The summed E-state index contributed by atoms with van der Waals surface area (Å²) in [5, 5.41) is 0. The molecule has 2 unspecified atom stereocenters. The zero-order valence-corrected chi connectivity index (χ0v) is 30.1. The van der Waals surface area contributed by atoms with Gasteiger partial charge in [0.25, 0.3) is 0 Å². The van der Waals surface area contributed by atoms with Gasteiger partial charge >= 0.3 is 19.8 Å². The Bertz CT molecular complexity index is 960. The number of phosphoric acid groups is 1. The van der Waals surface area contributed by atoms with Gasteiger partial charge in [-0.05, 0) is 70.6 Å².